The maximum Gasteiger partial charge on any atom is 0.243 e. The normalized spacial score (nSPS) is 12.7. The van der Waals surface area contributed by atoms with Gasteiger partial charge in [-0.2, -0.15) is 0 Å². The summed E-state index contributed by atoms with van der Waals surface area (Å²) in [6.45, 7) is 8.81. The third-order valence-electron chi connectivity index (χ3n) is 6.74. The predicted molar refractivity (Wildman–Crippen MR) is 148 cm³/mol. The van der Waals surface area contributed by atoms with E-state index in [-0.39, 0.29) is 17.9 Å². The Labute approximate surface area is 216 Å². The molecule has 0 aromatic heterocycles. The van der Waals surface area contributed by atoms with E-state index in [0.29, 0.717) is 31.7 Å². The van der Waals surface area contributed by atoms with Gasteiger partial charge < -0.3 is 10.2 Å². The van der Waals surface area contributed by atoms with E-state index in [1.165, 1.54) is 5.56 Å². The lowest BCUT2D eigenvalue weighted by atomic mass is 9.99. The highest BCUT2D eigenvalue weighted by Gasteiger charge is 2.30. The molecule has 2 atom stereocenters. The van der Waals surface area contributed by atoms with Gasteiger partial charge in [-0.1, -0.05) is 106 Å². The van der Waals surface area contributed by atoms with Crippen molar-refractivity contribution >= 4 is 11.8 Å². The van der Waals surface area contributed by atoms with Crippen LogP contribution in [-0.2, 0) is 29.0 Å². The van der Waals surface area contributed by atoms with E-state index in [9.17, 15) is 9.59 Å². The van der Waals surface area contributed by atoms with Crippen LogP contribution in [0.2, 0.25) is 0 Å². The Balaban J connectivity index is 1.86. The number of carbonyl (C=O) groups excluding carboxylic acids is 2. The molecule has 3 aromatic rings. The lowest BCUT2D eigenvalue weighted by Crippen LogP contribution is -2.52. The van der Waals surface area contributed by atoms with Gasteiger partial charge in [0.25, 0.3) is 0 Å². The van der Waals surface area contributed by atoms with E-state index in [1.807, 2.05) is 67.6 Å². The van der Waals surface area contributed by atoms with Crippen LogP contribution < -0.4 is 5.32 Å². The molecule has 2 amide bonds. The summed E-state index contributed by atoms with van der Waals surface area (Å²) in [5.74, 6) is 0.371. The Morgan fingerprint density at radius 1 is 0.778 bits per heavy atom. The molecule has 0 spiro atoms. The monoisotopic (exact) mass is 484 g/mol. The lowest BCUT2D eigenvalue weighted by molar-refractivity contribution is -0.141. The molecule has 0 saturated carbocycles. The van der Waals surface area contributed by atoms with Crippen molar-refractivity contribution in [2.24, 2.45) is 0 Å². The smallest absolute Gasteiger partial charge is 0.243 e. The zero-order valence-electron chi connectivity index (χ0n) is 22.1. The Kier molecular flexibility index (Phi) is 10.3. The standard InChI is InChI=1S/C32H40N2O2/c1-5-25(4)33-32(36)30(22-27-12-8-6-9-13-27)34(23-28-14-10-7-11-15-28)31(35)21-18-26-16-19-29(20-17-26)24(2)3/h6-17,19-20,24-25,30H,5,18,21-23H2,1-4H3,(H,33,36)/t25-,30+/m0/s1. The molecular formula is C32H40N2O2. The number of aryl methyl sites for hydroxylation is 1. The molecule has 0 fully saturated rings. The number of nitrogens with zero attached hydrogens (tertiary/aromatic N) is 1. The molecule has 36 heavy (non-hydrogen) atoms. The fraction of sp³-hybridized carbons (Fsp3) is 0.375. The number of amides is 2. The number of rotatable bonds is 12. The van der Waals surface area contributed by atoms with Gasteiger partial charge in [0.1, 0.15) is 6.04 Å². The quantitative estimate of drug-likeness (QED) is 0.328. The molecule has 0 aliphatic heterocycles. The van der Waals surface area contributed by atoms with Crippen molar-refractivity contribution in [2.45, 2.75) is 77.9 Å². The van der Waals surface area contributed by atoms with Crippen LogP contribution in [0.4, 0.5) is 0 Å². The molecule has 3 rings (SSSR count). The zero-order chi connectivity index (χ0) is 25.9. The Bertz CT molecular complexity index is 1080. The van der Waals surface area contributed by atoms with Crippen LogP contribution >= 0.6 is 0 Å². The minimum atomic E-state index is -0.586. The summed E-state index contributed by atoms with van der Waals surface area (Å²) in [7, 11) is 0. The first kappa shape index (κ1) is 27.2. The summed E-state index contributed by atoms with van der Waals surface area (Å²) in [6, 6.07) is 27.9. The summed E-state index contributed by atoms with van der Waals surface area (Å²) < 4.78 is 0. The summed E-state index contributed by atoms with van der Waals surface area (Å²) in [5, 5.41) is 3.13. The van der Waals surface area contributed by atoms with Crippen molar-refractivity contribution in [3.05, 3.63) is 107 Å². The van der Waals surface area contributed by atoms with Gasteiger partial charge in [0.2, 0.25) is 11.8 Å². The zero-order valence-corrected chi connectivity index (χ0v) is 22.1. The van der Waals surface area contributed by atoms with Crippen LogP contribution in [0.5, 0.6) is 0 Å². The van der Waals surface area contributed by atoms with E-state index < -0.39 is 6.04 Å². The molecule has 0 radical (unpaired) electrons. The molecule has 0 unspecified atom stereocenters. The maximum atomic E-state index is 13.7. The van der Waals surface area contributed by atoms with Crippen LogP contribution in [-0.4, -0.2) is 28.8 Å². The molecule has 1 N–H and O–H groups in total. The van der Waals surface area contributed by atoms with Gasteiger partial charge in [-0.25, -0.2) is 0 Å². The second-order valence-corrected chi connectivity index (χ2v) is 9.93. The first-order chi connectivity index (χ1) is 17.4. The third-order valence-corrected chi connectivity index (χ3v) is 6.74. The van der Waals surface area contributed by atoms with E-state index in [0.717, 1.165) is 23.1 Å². The van der Waals surface area contributed by atoms with E-state index >= 15 is 0 Å². The van der Waals surface area contributed by atoms with E-state index in [1.54, 1.807) is 4.90 Å². The average Bonchev–Trinajstić information content (AvgIpc) is 2.90. The largest absolute Gasteiger partial charge is 0.352 e. The molecule has 0 aliphatic rings. The molecule has 0 aliphatic carbocycles. The van der Waals surface area contributed by atoms with Crippen LogP contribution in [0.25, 0.3) is 0 Å². The van der Waals surface area contributed by atoms with Crippen molar-refractivity contribution in [2.75, 3.05) is 0 Å². The fourth-order valence-electron chi connectivity index (χ4n) is 4.24. The van der Waals surface area contributed by atoms with Crippen LogP contribution in [0.3, 0.4) is 0 Å². The average molecular weight is 485 g/mol. The second kappa shape index (κ2) is 13.6. The van der Waals surface area contributed by atoms with Gasteiger partial charge in [-0.15, -0.1) is 0 Å². The summed E-state index contributed by atoms with van der Waals surface area (Å²) in [4.78, 5) is 29.0. The second-order valence-electron chi connectivity index (χ2n) is 9.93. The molecular weight excluding hydrogens is 444 g/mol. The summed E-state index contributed by atoms with van der Waals surface area (Å²) in [5.41, 5.74) is 4.48. The number of benzene rings is 3. The Morgan fingerprint density at radius 3 is 1.92 bits per heavy atom. The lowest BCUT2D eigenvalue weighted by Gasteiger charge is -2.32. The van der Waals surface area contributed by atoms with Crippen LogP contribution in [0.15, 0.2) is 84.9 Å². The topological polar surface area (TPSA) is 49.4 Å². The Hall–Kier alpha value is -3.40. The first-order valence-corrected chi connectivity index (χ1v) is 13.1. The van der Waals surface area contributed by atoms with Crippen molar-refractivity contribution in [1.82, 2.24) is 10.2 Å². The van der Waals surface area contributed by atoms with Crippen LogP contribution in [0.1, 0.15) is 68.7 Å². The molecule has 0 bridgehead atoms. The number of nitrogens with one attached hydrogen (secondary N) is 1. The van der Waals surface area contributed by atoms with Crippen molar-refractivity contribution in [1.29, 1.82) is 0 Å². The molecule has 190 valence electrons. The summed E-state index contributed by atoms with van der Waals surface area (Å²) >= 11 is 0. The van der Waals surface area contributed by atoms with Gasteiger partial charge in [-0.05, 0) is 47.9 Å². The summed E-state index contributed by atoms with van der Waals surface area (Å²) in [6.07, 6.45) is 2.32. The predicted octanol–water partition coefficient (Wildman–Crippen LogP) is 6.30. The van der Waals surface area contributed by atoms with Gasteiger partial charge in [0.05, 0.1) is 0 Å². The van der Waals surface area contributed by atoms with E-state index in [2.05, 4.69) is 50.4 Å². The molecule has 4 heteroatoms. The van der Waals surface area contributed by atoms with Gasteiger partial charge in [-0.3, -0.25) is 9.59 Å². The van der Waals surface area contributed by atoms with Crippen molar-refractivity contribution in [3.8, 4) is 0 Å². The number of carbonyl (C=O) groups is 2. The van der Waals surface area contributed by atoms with Gasteiger partial charge >= 0.3 is 0 Å². The minimum Gasteiger partial charge on any atom is -0.352 e. The first-order valence-electron chi connectivity index (χ1n) is 13.1. The van der Waals surface area contributed by atoms with Crippen molar-refractivity contribution < 1.29 is 9.59 Å². The Morgan fingerprint density at radius 2 is 1.36 bits per heavy atom. The number of hydrogen-bond donors (Lipinski definition) is 1. The number of hydrogen-bond acceptors (Lipinski definition) is 2. The molecule has 0 saturated heterocycles. The van der Waals surface area contributed by atoms with E-state index in [4.69, 9.17) is 0 Å². The molecule has 3 aromatic carbocycles. The third kappa shape index (κ3) is 8.08. The van der Waals surface area contributed by atoms with Crippen LogP contribution in [0, 0.1) is 0 Å². The SMILES string of the molecule is CC[C@H](C)NC(=O)[C@@H](Cc1ccccc1)N(Cc1ccccc1)C(=O)CCc1ccc(C(C)C)cc1. The van der Waals surface area contributed by atoms with Crippen molar-refractivity contribution in [3.63, 3.8) is 0 Å². The highest BCUT2D eigenvalue weighted by atomic mass is 16.2. The van der Waals surface area contributed by atoms with Gasteiger partial charge in [0, 0.05) is 25.4 Å². The molecule has 0 heterocycles. The highest BCUT2D eigenvalue weighted by Crippen LogP contribution is 2.19. The highest BCUT2D eigenvalue weighted by molar-refractivity contribution is 5.88. The molecule has 4 nitrogen and oxygen atoms in total. The fourth-order valence-corrected chi connectivity index (χ4v) is 4.24. The maximum absolute atomic E-state index is 13.7. The minimum absolute atomic E-state index is 0.00739. The van der Waals surface area contributed by atoms with Gasteiger partial charge in [0.15, 0.2) is 0 Å².